The van der Waals surface area contributed by atoms with Crippen LogP contribution in [0.15, 0.2) is 41.3 Å². The normalized spacial score (nSPS) is 24.3. The van der Waals surface area contributed by atoms with Crippen LogP contribution in [-0.4, -0.2) is 41.7 Å². The number of thioether (sulfide) groups is 1. The number of carbonyl (C=O) groups is 1. The number of amides is 1. The Bertz CT molecular complexity index is 783. The summed E-state index contributed by atoms with van der Waals surface area (Å²) in [5, 5.41) is 6.55. The SMILES string of the molecule is CN(C(=O)CSc1cccc2cccc(Cl)c12)C1CC2CCC(C1)N2.Cl. The van der Waals surface area contributed by atoms with E-state index in [0.29, 0.717) is 23.9 Å². The molecule has 0 saturated carbocycles. The van der Waals surface area contributed by atoms with Crippen molar-refractivity contribution >= 4 is 52.4 Å². The van der Waals surface area contributed by atoms with Gasteiger partial charge in [0.15, 0.2) is 0 Å². The Morgan fingerprint density at radius 2 is 1.85 bits per heavy atom. The van der Waals surface area contributed by atoms with E-state index >= 15 is 0 Å². The van der Waals surface area contributed by atoms with E-state index in [1.807, 2.05) is 30.1 Å². The van der Waals surface area contributed by atoms with E-state index in [9.17, 15) is 4.79 Å². The first-order valence-corrected chi connectivity index (χ1v) is 10.3. The number of carbonyl (C=O) groups excluding carboxylic acids is 1. The first-order valence-electron chi connectivity index (χ1n) is 8.93. The van der Waals surface area contributed by atoms with E-state index in [0.717, 1.165) is 33.5 Å². The zero-order chi connectivity index (χ0) is 17.4. The molecule has 0 radical (unpaired) electrons. The molecule has 140 valence electrons. The molecule has 0 spiro atoms. The number of fused-ring (bicyclic) bond motifs is 3. The molecule has 6 heteroatoms. The predicted molar refractivity (Wildman–Crippen MR) is 113 cm³/mol. The number of halogens is 2. The summed E-state index contributed by atoms with van der Waals surface area (Å²) in [6.07, 6.45) is 4.69. The fraction of sp³-hybridized carbons (Fsp3) is 0.450. The zero-order valence-corrected chi connectivity index (χ0v) is 17.2. The lowest BCUT2D eigenvalue weighted by Crippen LogP contribution is -2.49. The molecule has 1 N–H and O–H groups in total. The quantitative estimate of drug-likeness (QED) is 0.737. The molecule has 2 saturated heterocycles. The smallest absolute Gasteiger partial charge is 0.232 e. The van der Waals surface area contributed by atoms with Crippen molar-refractivity contribution in [3.8, 4) is 0 Å². The third kappa shape index (κ3) is 3.99. The van der Waals surface area contributed by atoms with Gasteiger partial charge in [-0.3, -0.25) is 4.79 Å². The van der Waals surface area contributed by atoms with Gasteiger partial charge in [0.05, 0.1) is 5.75 Å². The van der Waals surface area contributed by atoms with Crippen LogP contribution in [0.2, 0.25) is 5.02 Å². The fourth-order valence-electron chi connectivity index (χ4n) is 4.17. The summed E-state index contributed by atoms with van der Waals surface area (Å²) >= 11 is 7.98. The summed E-state index contributed by atoms with van der Waals surface area (Å²) in [4.78, 5) is 15.8. The van der Waals surface area contributed by atoms with Gasteiger partial charge >= 0.3 is 0 Å². The lowest BCUT2D eigenvalue weighted by molar-refractivity contribution is -0.129. The Hall–Kier alpha value is -0.940. The average molecular weight is 411 g/mol. The second kappa shape index (κ2) is 8.39. The molecule has 2 heterocycles. The molecule has 4 rings (SSSR count). The Morgan fingerprint density at radius 3 is 2.54 bits per heavy atom. The lowest BCUT2D eigenvalue weighted by atomic mass is 9.98. The van der Waals surface area contributed by atoms with Crippen molar-refractivity contribution in [2.24, 2.45) is 0 Å². The van der Waals surface area contributed by atoms with Gasteiger partial charge in [0.1, 0.15) is 0 Å². The van der Waals surface area contributed by atoms with Crippen LogP contribution >= 0.6 is 35.8 Å². The summed E-state index contributed by atoms with van der Waals surface area (Å²) in [5.74, 6) is 0.667. The van der Waals surface area contributed by atoms with E-state index < -0.39 is 0 Å². The Kier molecular flexibility index (Phi) is 6.39. The van der Waals surface area contributed by atoms with Crippen molar-refractivity contribution in [1.29, 1.82) is 0 Å². The average Bonchev–Trinajstić information content (AvgIpc) is 2.97. The number of rotatable bonds is 4. The maximum Gasteiger partial charge on any atom is 0.232 e. The van der Waals surface area contributed by atoms with Gasteiger partial charge < -0.3 is 10.2 Å². The summed E-state index contributed by atoms with van der Waals surface area (Å²) < 4.78 is 0. The first-order chi connectivity index (χ1) is 12.1. The van der Waals surface area contributed by atoms with Crippen LogP contribution < -0.4 is 5.32 Å². The molecule has 2 fully saturated rings. The van der Waals surface area contributed by atoms with Crippen LogP contribution in [-0.2, 0) is 4.79 Å². The van der Waals surface area contributed by atoms with Crippen LogP contribution in [0.5, 0.6) is 0 Å². The van der Waals surface area contributed by atoms with Gasteiger partial charge in [0.25, 0.3) is 0 Å². The minimum absolute atomic E-state index is 0. The topological polar surface area (TPSA) is 32.3 Å². The number of nitrogens with one attached hydrogen (secondary N) is 1. The van der Waals surface area contributed by atoms with E-state index in [-0.39, 0.29) is 18.3 Å². The van der Waals surface area contributed by atoms with Crippen LogP contribution in [0.1, 0.15) is 25.7 Å². The highest BCUT2D eigenvalue weighted by atomic mass is 35.5. The molecular weight excluding hydrogens is 387 g/mol. The second-order valence-corrected chi connectivity index (χ2v) is 8.57. The van der Waals surface area contributed by atoms with Crippen molar-refractivity contribution in [2.75, 3.05) is 12.8 Å². The standard InChI is InChI=1S/C20H23ClN2OS.ClH/c1-23(16-10-14-8-9-15(11-16)22-14)19(24)12-25-18-7-3-5-13-4-2-6-17(21)20(13)18;/h2-7,14-16,22H,8-12H2,1H3;1H. The monoisotopic (exact) mass is 410 g/mol. The molecule has 2 aromatic rings. The van der Waals surface area contributed by atoms with Crippen molar-refractivity contribution in [2.45, 2.75) is 48.7 Å². The summed E-state index contributed by atoms with van der Waals surface area (Å²) in [7, 11) is 1.97. The number of nitrogens with zero attached hydrogens (tertiary/aromatic N) is 1. The summed E-state index contributed by atoms with van der Waals surface area (Å²) in [6.45, 7) is 0. The van der Waals surface area contributed by atoms with Crippen molar-refractivity contribution in [3.63, 3.8) is 0 Å². The van der Waals surface area contributed by atoms with Gasteiger partial charge in [0.2, 0.25) is 5.91 Å². The molecule has 2 bridgehead atoms. The van der Waals surface area contributed by atoms with Gasteiger partial charge in [-0.15, -0.1) is 24.2 Å². The maximum atomic E-state index is 12.7. The van der Waals surface area contributed by atoms with Crippen molar-refractivity contribution in [3.05, 3.63) is 41.4 Å². The predicted octanol–water partition coefficient (Wildman–Crippen LogP) is 4.75. The van der Waals surface area contributed by atoms with Gasteiger partial charge in [-0.25, -0.2) is 0 Å². The van der Waals surface area contributed by atoms with Crippen LogP contribution in [0.3, 0.4) is 0 Å². The molecule has 0 aromatic heterocycles. The molecule has 2 aliphatic heterocycles. The molecule has 2 aromatic carbocycles. The number of piperidine rings is 1. The third-order valence-corrected chi connectivity index (χ3v) is 6.91. The van der Waals surface area contributed by atoms with Gasteiger partial charge in [-0.2, -0.15) is 0 Å². The molecular formula is C20H24Cl2N2OS. The second-order valence-electron chi connectivity index (χ2n) is 7.15. The van der Waals surface area contributed by atoms with Crippen LogP contribution in [0.4, 0.5) is 0 Å². The lowest BCUT2D eigenvalue weighted by Gasteiger charge is -2.35. The highest BCUT2D eigenvalue weighted by molar-refractivity contribution is 8.00. The maximum absolute atomic E-state index is 12.7. The van der Waals surface area contributed by atoms with Gasteiger partial charge in [0, 0.05) is 40.5 Å². The zero-order valence-electron chi connectivity index (χ0n) is 14.8. The molecule has 26 heavy (non-hydrogen) atoms. The van der Waals surface area contributed by atoms with E-state index in [1.54, 1.807) is 11.8 Å². The van der Waals surface area contributed by atoms with E-state index in [2.05, 4.69) is 23.5 Å². The van der Waals surface area contributed by atoms with Gasteiger partial charge in [-0.1, -0.05) is 35.9 Å². The minimum Gasteiger partial charge on any atom is -0.342 e. The number of hydrogen-bond donors (Lipinski definition) is 1. The Labute approximate surface area is 170 Å². The molecule has 0 aliphatic carbocycles. The van der Waals surface area contributed by atoms with Crippen LogP contribution in [0, 0.1) is 0 Å². The van der Waals surface area contributed by atoms with Gasteiger partial charge in [-0.05, 0) is 43.2 Å². The molecule has 1 amide bonds. The number of benzene rings is 2. The first kappa shape index (κ1) is 19.8. The highest BCUT2D eigenvalue weighted by Gasteiger charge is 2.36. The summed E-state index contributed by atoms with van der Waals surface area (Å²) in [6, 6.07) is 13.6. The largest absolute Gasteiger partial charge is 0.342 e. The van der Waals surface area contributed by atoms with Crippen molar-refractivity contribution in [1.82, 2.24) is 10.2 Å². The Balaban J connectivity index is 0.00000196. The Morgan fingerprint density at radius 1 is 1.19 bits per heavy atom. The molecule has 3 nitrogen and oxygen atoms in total. The third-order valence-electron chi connectivity index (χ3n) is 5.56. The van der Waals surface area contributed by atoms with E-state index in [4.69, 9.17) is 11.6 Å². The van der Waals surface area contributed by atoms with E-state index in [1.165, 1.54) is 12.8 Å². The van der Waals surface area contributed by atoms with Crippen molar-refractivity contribution < 1.29 is 4.79 Å². The molecule has 2 atom stereocenters. The number of hydrogen-bond acceptors (Lipinski definition) is 3. The molecule has 2 aliphatic rings. The molecule has 2 unspecified atom stereocenters. The minimum atomic E-state index is 0. The highest BCUT2D eigenvalue weighted by Crippen LogP contribution is 2.34. The summed E-state index contributed by atoms with van der Waals surface area (Å²) in [5.41, 5.74) is 0. The fourth-order valence-corrected chi connectivity index (χ4v) is 5.54. The van der Waals surface area contributed by atoms with Crippen LogP contribution in [0.25, 0.3) is 10.8 Å².